The fourth-order valence-corrected chi connectivity index (χ4v) is 3.28. The van der Waals surface area contributed by atoms with Crippen LogP contribution >= 0.6 is 24.0 Å². The van der Waals surface area contributed by atoms with Gasteiger partial charge in [0.1, 0.15) is 0 Å². The summed E-state index contributed by atoms with van der Waals surface area (Å²) >= 11 is 0. The van der Waals surface area contributed by atoms with Crippen molar-refractivity contribution in [3.05, 3.63) is 29.6 Å². The molecule has 1 fully saturated rings. The van der Waals surface area contributed by atoms with E-state index in [0.29, 0.717) is 6.04 Å². The van der Waals surface area contributed by atoms with E-state index in [4.69, 9.17) is 9.73 Å². The van der Waals surface area contributed by atoms with Gasteiger partial charge in [-0.2, -0.15) is 0 Å². The standard InChI is InChI=1S/C19H32N4O.HI/c1-7-21-17(22-11-9-15-8-10-20-13-14(15)2)23-16-12-19(5,24-6)18(16,3)4;/h8,10,13,16H,7,9,11-12H2,1-6H3,(H2,21,22,23);1H. The fraction of sp³-hybridized carbons (Fsp3) is 0.684. The van der Waals surface area contributed by atoms with Crippen molar-refractivity contribution < 1.29 is 4.74 Å². The first-order chi connectivity index (χ1) is 11.3. The number of guanidine groups is 1. The van der Waals surface area contributed by atoms with E-state index in [1.165, 1.54) is 11.1 Å². The first-order valence-electron chi connectivity index (χ1n) is 8.83. The van der Waals surface area contributed by atoms with E-state index in [0.717, 1.165) is 31.9 Å². The molecule has 0 aliphatic heterocycles. The van der Waals surface area contributed by atoms with Crippen molar-refractivity contribution in [2.45, 2.75) is 59.1 Å². The molecule has 0 amide bonds. The SMILES string of the molecule is CCNC(=NCCc1ccncc1C)NC1CC(C)(OC)C1(C)C.I. The summed E-state index contributed by atoms with van der Waals surface area (Å²) in [5.74, 6) is 0.889. The lowest BCUT2D eigenvalue weighted by Crippen LogP contribution is -2.69. The Bertz CT molecular complexity index is 591. The number of rotatable bonds is 6. The minimum atomic E-state index is -0.0733. The third kappa shape index (κ3) is 4.84. The van der Waals surface area contributed by atoms with Crippen LogP contribution in [0.5, 0.6) is 0 Å². The van der Waals surface area contributed by atoms with Crippen LogP contribution in [0.1, 0.15) is 45.2 Å². The van der Waals surface area contributed by atoms with Gasteiger partial charge in [-0.1, -0.05) is 13.8 Å². The van der Waals surface area contributed by atoms with E-state index in [-0.39, 0.29) is 35.0 Å². The zero-order valence-electron chi connectivity index (χ0n) is 16.3. The molecule has 0 saturated heterocycles. The molecule has 25 heavy (non-hydrogen) atoms. The van der Waals surface area contributed by atoms with Gasteiger partial charge in [-0.05, 0) is 50.8 Å². The summed E-state index contributed by atoms with van der Waals surface area (Å²) in [4.78, 5) is 8.88. The predicted octanol–water partition coefficient (Wildman–Crippen LogP) is 3.31. The van der Waals surface area contributed by atoms with Crippen LogP contribution in [0.3, 0.4) is 0 Å². The molecule has 2 unspecified atom stereocenters. The normalized spacial score (nSPS) is 24.9. The number of ether oxygens (including phenoxy) is 1. The summed E-state index contributed by atoms with van der Waals surface area (Å²) < 4.78 is 5.71. The molecule has 1 aromatic rings. The van der Waals surface area contributed by atoms with E-state index < -0.39 is 0 Å². The van der Waals surface area contributed by atoms with Crippen molar-refractivity contribution in [2.75, 3.05) is 20.2 Å². The second-order valence-electron chi connectivity index (χ2n) is 7.37. The van der Waals surface area contributed by atoms with Gasteiger partial charge in [-0.25, -0.2) is 0 Å². The van der Waals surface area contributed by atoms with Gasteiger partial charge in [0.05, 0.1) is 5.60 Å². The van der Waals surface area contributed by atoms with Gasteiger partial charge in [0.15, 0.2) is 5.96 Å². The number of methoxy groups -OCH3 is 1. The number of nitrogens with zero attached hydrogens (tertiary/aromatic N) is 2. The number of hydrogen-bond acceptors (Lipinski definition) is 3. The summed E-state index contributed by atoms with van der Waals surface area (Å²) in [6, 6.07) is 2.44. The Morgan fingerprint density at radius 1 is 1.40 bits per heavy atom. The van der Waals surface area contributed by atoms with Crippen LogP contribution < -0.4 is 10.6 Å². The van der Waals surface area contributed by atoms with E-state index in [1.54, 1.807) is 7.11 Å². The second-order valence-corrected chi connectivity index (χ2v) is 7.37. The molecule has 1 aliphatic rings. The van der Waals surface area contributed by atoms with Crippen LogP contribution in [0.2, 0.25) is 0 Å². The first-order valence-corrected chi connectivity index (χ1v) is 8.83. The lowest BCUT2D eigenvalue weighted by molar-refractivity contribution is -0.176. The lowest BCUT2D eigenvalue weighted by Gasteiger charge is -2.59. The molecule has 1 saturated carbocycles. The van der Waals surface area contributed by atoms with Crippen LogP contribution in [0.15, 0.2) is 23.5 Å². The fourth-order valence-electron chi connectivity index (χ4n) is 3.28. The molecular weight excluding hydrogens is 427 g/mol. The summed E-state index contributed by atoms with van der Waals surface area (Å²) in [5, 5.41) is 6.93. The minimum Gasteiger partial charge on any atom is -0.378 e. The van der Waals surface area contributed by atoms with Crippen LogP contribution in [0.25, 0.3) is 0 Å². The Morgan fingerprint density at radius 2 is 2.12 bits per heavy atom. The molecular formula is C19H33IN4O. The summed E-state index contributed by atoms with van der Waals surface area (Å²) in [6.07, 6.45) is 5.67. The Morgan fingerprint density at radius 3 is 2.68 bits per heavy atom. The van der Waals surface area contributed by atoms with Crippen molar-refractivity contribution in [2.24, 2.45) is 10.4 Å². The van der Waals surface area contributed by atoms with Gasteiger partial charge < -0.3 is 15.4 Å². The second kappa shape index (κ2) is 9.16. The summed E-state index contributed by atoms with van der Waals surface area (Å²) in [6.45, 7) is 12.5. The molecule has 2 atom stereocenters. The van der Waals surface area contributed by atoms with Gasteiger partial charge in [-0.3, -0.25) is 9.98 Å². The third-order valence-corrected chi connectivity index (χ3v) is 5.72. The number of halogens is 1. The maximum absolute atomic E-state index is 5.71. The van der Waals surface area contributed by atoms with E-state index in [1.807, 2.05) is 12.4 Å². The van der Waals surface area contributed by atoms with Crippen LogP contribution in [-0.2, 0) is 11.2 Å². The molecule has 5 nitrogen and oxygen atoms in total. The monoisotopic (exact) mass is 460 g/mol. The zero-order chi connectivity index (χ0) is 17.8. The molecule has 1 aromatic heterocycles. The number of aliphatic imine (C=N–C) groups is 1. The highest BCUT2D eigenvalue weighted by Gasteiger charge is 2.58. The molecule has 142 valence electrons. The maximum Gasteiger partial charge on any atom is 0.191 e. The third-order valence-electron chi connectivity index (χ3n) is 5.72. The van der Waals surface area contributed by atoms with Crippen molar-refractivity contribution >= 4 is 29.9 Å². The van der Waals surface area contributed by atoms with Gasteiger partial charge >= 0.3 is 0 Å². The number of hydrogen-bond donors (Lipinski definition) is 2. The van der Waals surface area contributed by atoms with Gasteiger partial charge in [-0.15, -0.1) is 24.0 Å². The molecule has 0 spiro atoms. The van der Waals surface area contributed by atoms with E-state index in [9.17, 15) is 0 Å². The highest BCUT2D eigenvalue weighted by molar-refractivity contribution is 14.0. The quantitative estimate of drug-likeness (QED) is 0.389. The molecule has 2 rings (SSSR count). The Balaban J connectivity index is 0.00000312. The maximum atomic E-state index is 5.71. The topological polar surface area (TPSA) is 58.5 Å². The van der Waals surface area contributed by atoms with Gasteiger partial charge in [0, 0.05) is 44.0 Å². The molecule has 1 heterocycles. The van der Waals surface area contributed by atoms with Crippen LogP contribution in [0, 0.1) is 12.3 Å². The lowest BCUT2D eigenvalue weighted by atomic mass is 9.56. The molecule has 6 heteroatoms. The summed E-state index contributed by atoms with van der Waals surface area (Å²) in [5.41, 5.74) is 2.53. The largest absolute Gasteiger partial charge is 0.378 e. The Labute approximate surface area is 169 Å². The molecule has 0 aromatic carbocycles. The number of aromatic nitrogens is 1. The predicted molar refractivity (Wildman–Crippen MR) is 115 cm³/mol. The smallest absolute Gasteiger partial charge is 0.191 e. The Hall–Kier alpha value is -0.890. The van der Waals surface area contributed by atoms with Crippen molar-refractivity contribution in [3.8, 4) is 0 Å². The molecule has 2 N–H and O–H groups in total. The highest BCUT2D eigenvalue weighted by Crippen LogP contribution is 2.51. The average Bonchev–Trinajstić information content (AvgIpc) is 2.56. The molecule has 0 bridgehead atoms. The number of pyridine rings is 1. The van der Waals surface area contributed by atoms with E-state index in [2.05, 4.69) is 56.3 Å². The summed E-state index contributed by atoms with van der Waals surface area (Å²) in [7, 11) is 1.80. The van der Waals surface area contributed by atoms with Crippen LogP contribution in [-0.4, -0.2) is 42.8 Å². The van der Waals surface area contributed by atoms with Crippen molar-refractivity contribution in [1.29, 1.82) is 0 Å². The average molecular weight is 460 g/mol. The minimum absolute atomic E-state index is 0. The zero-order valence-corrected chi connectivity index (χ0v) is 18.7. The molecule has 1 aliphatic carbocycles. The van der Waals surface area contributed by atoms with Crippen molar-refractivity contribution in [3.63, 3.8) is 0 Å². The van der Waals surface area contributed by atoms with Gasteiger partial charge in [0.2, 0.25) is 0 Å². The number of nitrogens with one attached hydrogen (secondary N) is 2. The first kappa shape index (κ1) is 22.2. The Kier molecular flexibility index (Phi) is 8.12. The number of aryl methyl sites for hydroxylation is 1. The van der Waals surface area contributed by atoms with E-state index >= 15 is 0 Å². The van der Waals surface area contributed by atoms with Crippen LogP contribution in [0.4, 0.5) is 0 Å². The highest BCUT2D eigenvalue weighted by atomic mass is 127. The van der Waals surface area contributed by atoms with Gasteiger partial charge in [0.25, 0.3) is 0 Å². The van der Waals surface area contributed by atoms with Crippen molar-refractivity contribution in [1.82, 2.24) is 15.6 Å². The molecule has 0 radical (unpaired) electrons.